The van der Waals surface area contributed by atoms with Crippen LogP contribution >= 0.6 is 0 Å². The van der Waals surface area contributed by atoms with Gasteiger partial charge in [0.25, 0.3) is 11.5 Å². The van der Waals surface area contributed by atoms with Crippen LogP contribution in [0.1, 0.15) is 16.6 Å². The number of carbonyl (C=O) groups is 1. The Morgan fingerprint density at radius 2 is 2.00 bits per heavy atom. The molecule has 1 amide bonds. The Kier molecular flexibility index (Phi) is 4.65. The number of aromatic nitrogens is 4. The van der Waals surface area contributed by atoms with Gasteiger partial charge in [-0.1, -0.05) is 18.2 Å². The van der Waals surface area contributed by atoms with Crippen molar-refractivity contribution in [3.8, 4) is 0 Å². The van der Waals surface area contributed by atoms with Crippen LogP contribution in [0.15, 0.2) is 41.5 Å². The number of hydrogen-bond donors (Lipinski definition) is 5. The smallest absolute Gasteiger partial charge is 0.280 e. The monoisotopic (exact) mass is 387 g/mol. The number of carbonyl (C=O) groups excluding carboxylic acids is 1. The molecule has 1 fully saturated rings. The van der Waals surface area contributed by atoms with Gasteiger partial charge >= 0.3 is 0 Å². The van der Waals surface area contributed by atoms with Crippen LogP contribution in [-0.4, -0.2) is 65.7 Å². The first kappa shape index (κ1) is 18.3. The van der Waals surface area contributed by atoms with Gasteiger partial charge in [-0.05, 0) is 12.1 Å². The van der Waals surface area contributed by atoms with E-state index in [1.807, 2.05) is 0 Å². The minimum atomic E-state index is -1.36. The zero-order valence-electron chi connectivity index (χ0n) is 14.4. The zero-order chi connectivity index (χ0) is 19.8. The molecular formula is C17H17N5O6. The highest BCUT2D eigenvalue weighted by Gasteiger charge is 2.44. The number of benzene rings is 1. The molecule has 1 saturated heterocycles. The molecule has 3 aromatic rings. The number of nitrogens with zero attached hydrogens (tertiary/aromatic N) is 3. The van der Waals surface area contributed by atoms with Crippen molar-refractivity contribution >= 4 is 23.0 Å². The number of ether oxygens (including phenoxy) is 1. The van der Waals surface area contributed by atoms with Crippen LogP contribution in [0.3, 0.4) is 0 Å². The summed E-state index contributed by atoms with van der Waals surface area (Å²) in [6, 6.07) is 8.38. The van der Waals surface area contributed by atoms with Gasteiger partial charge in [-0.15, -0.1) is 0 Å². The summed E-state index contributed by atoms with van der Waals surface area (Å²) >= 11 is 0. The van der Waals surface area contributed by atoms with Gasteiger partial charge in [-0.3, -0.25) is 24.5 Å². The number of amides is 1. The highest BCUT2D eigenvalue weighted by atomic mass is 16.6. The maximum absolute atomic E-state index is 12.3. The Balaban J connectivity index is 1.69. The molecule has 3 heterocycles. The fourth-order valence-electron chi connectivity index (χ4n) is 3.05. The van der Waals surface area contributed by atoms with E-state index < -0.39 is 42.6 Å². The molecule has 2 aromatic heterocycles. The maximum atomic E-state index is 12.3. The number of nitrogens with one attached hydrogen (secondary N) is 2. The lowest BCUT2D eigenvalue weighted by Crippen LogP contribution is -2.33. The summed E-state index contributed by atoms with van der Waals surface area (Å²) in [6.45, 7) is -0.492. The largest absolute Gasteiger partial charge is 0.394 e. The summed E-state index contributed by atoms with van der Waals surface area (Å²) in [7, 11) is 0. The number of imidazole rings is 1. The normalized spacial score (nSPS) is 24.5. The first-order valence-electron chi connectivity index (χ1n) is 8.45. The van der Waals surface area contributed by atoms with E-state index in [1.165, 1.54) is 10.9 Å². The van der Waals surface area contributed by atoms with Gasteiger partial charge in [0.05, 0.1) is 12.9 Å². The third-order valence-corrected chi connectivity index (χ3v) is 4.49. The third kappa shape index (κ3) is 3.05. The van der Waals surface area contributed by atoms with Gasteiger partial charge in [0.1, 0.15) is 18.3 Å². The van der Waals surface area contributed by atoms with Crippen molar-refractivity contribution in [3.63, 3.8) is 0 Å². The highest BCUT2D eigenvalue weighted by molar-refractivity contribution is 6.03. The zero-order valence-corrected chi connectivity index (χ0v) is 14.4. The molecule has 0 saturated carbocycles. The standard InChI is InChI=1S/C17H17N5O6/c23-6-9-11(24)12(25)16(28-9)22-7-18-10-13(22)19-17(21-15(10)27)20-14(26)8-4-2-1-3-5-8/h1-5,7,9,11-12,16,23-25H,6H2,(H2,19,20,21,26,27)/t9-,11-,12+,16-/m1/s1. The number of aliphatic hydroxyl groups is 3. The summed E-state index contributed by atoms with van der Waals surface area (Å²) in [5, 5.41) is 31.9. The predicted molar refractivity (Wildman–Crippen MR) is 95.6 cm³/mol. The number of anilines is 1. The van der Waals surface area contributed by atoms with Crippen LogP contribution < -0.4 is 10.9 Å². The lowest BCUT2D eigenvalue weighted by atomic mass is 10.1. The van der Waals surface area contributed by atoms with E-state index in [0.717, 1.165) is 0 Å². The van der Waals surface area contributed by atoms with Crippen molar-refractivity contribution in [1.29, 1.82) is 0 Å². The molecular weight excluding hydrogens is 370 g/mol. The van der Waals surface area contributed by atoms with Crippen LogP contribution in [0.25, 0.3) is 11.2 Å². The summed E-state index contributed by atoms with van der Waals surface area (Å²) in [4.78, 5) is 35.2. The molecule has 0 bridgehead atoms. The average Bonchev–Trinajstić information content (AvgIpc) is 3.24. The van der Waals surface area contributed by atoms with Gasteiger partial charge < -0.3 is 20.1 Å². The Morgan fingerprint density at radius 1 is 1.25 bits per heavy atom. The van der Waals surface area contributed by atoms with E-state index in [-0.39, 0.29) is 17.1 Å². The molecule has 0 spiro atoms. The third-order valence-electron chi connectivity index (χ3n) is 4.49. The van der Waals surface area contributed by atoms with Crippen LogP contribution in [0.2, 0.25) is 0 Å². The summed E-state index contributed by atoms with van der Waals surface area (Å²) in [5.41, 5.74) is -0.210. The Labute approximate surface area is 157 Å². The molecule has 1 aliphatic rings. The van der Waals surface area contributed by atoms with Gasteiger partial charge in [-0.2, -0.15) is 4.98 Å². The van der Waals surface area contributed by atoms with E-state index in [1.54, 1.807) is 30.3 Å². The van der Waals surface area contributed by atoms with Crippen molar-refractivity contribution in [2.75, 3.05) is 11.9 Å². The minimum absolute atomic E-state index is 0.0320. The fourth-order valence-corrected chi connectivity index (χ4v) is 3.05. The van der Waals surface area contributed by atoms with E-state index >= 15 is 0 Å². The number of fused-ring (bicyclic) bond motifs is 1. The second-order valence-electron chi connectivity index (χ2n) is 6.29. The van der Waals surface area contributed by atoms with E-state index in [2.05, 4.69) is 20.3 Å². The van der Waals surface area contributed by atoms with Crippen LogP contribution in [0, 0.1) is 0 Å². The Morgan fingerprint density at radius 3 is 2.68 bits per heavy atom. The van der Waals surface area contributed by atoms with Crippen molar-refractivity contribution < 1.29 is 24.9 Å². The Bertz CT molecular complexity index is 1060. The molecule has 146 valence electrons. The number of aromatic amines is 1. The molecule has 5 N–H and O–H groups in total. The van der Waals surface area contributed by atoms with Crippen LogP contribution in [0.5, 0.6) is 0 Å². The second kappa shape index (κ2) is 7.13. The molecule has 0 unspecified atom stereocenters. The van der Waals surface area contributed by atoms with Gasteiger partial charge in [0, 0.05) is 5.56 Å². The number of aliphatic hydroxyl groups excluding tert-OH is 3. The van der Waals surface area contributed by atoms with Crippen molar-refractivity contribution in [3.05, 3.63) is 52.6 Å². The Hall–Kier alpha value is -3.12. The van der Waals surface area contributed by atoms with Crippen LogP contribution in [-0.2, 0) is 4.74 Å². The predicted octanol–water partition coefficient (Wildman–Crippen LogP) is -1.02. The first-order chi connectivity index (χ1) is 13.5. The van der Waals surface area contributed by atoms with Crippen molar-refractivity contribution in [1.82, 2.24) is 19.5 Å². The van der Waals surface area contributed by atoms with E-state index in [0.29, 0.717) is 5.56 Å². The topological polar surface area (TPSA) is 163 Å². The lowest BCUT2D eigenvalue weighted by molar-refractivity contribution is -0.0511. The molecule has 1 aliphatic heterocycles. The summed E-state index contributed by atoms with van der Waals surface area (Å²) in [6.07, 6.45) is -3.54. The van der Waals surface area contributed by atoms with E-state index in [4.69, 9.17) is 4.74 Å². The van der Waals surface area contributed by atoms with Crippen molar-refractivity contribution in [2.45, 2.75) is 24.5 Å². The quantitative estimate of drug-likeness (QED) is 0.380. The minimum Gasteiger partial charge on any atom is -0.394 e. The number of rotatable bonds is 4. The molecule has 4 rings (SSSR count). The summed E-state index contributed by atoms with van der Waals surface area (Å²) in [5.74, 6) is -0.582. The SMILES string of the molecule is O=C(Nc1nc2c(ncn2[C@@H]2O[C@H](CO)[C@@H](O)[C@@H]2O)c(=O)[nH]1)c1ccccc1. The first-order valence-corrected chi connectivity index (χ1v) is 8.45. The van der Waals surface area contributed by atoms with Crippen molar-refractivity contribution in [2.24, 2.45) is 0 Å². The summed E-state index contributed by atoms with van der Waals surface area (Å²) < 4.78 is 6.72. The second-order valence-corrected chi connectivity index (χ2v) is 6.29. The maximum Gasteiger partial charge on any atom is 0.280 e. The van der Waals surface area contributed by atoms with E-state index in [9.17, 15) is 24.9 Å². The van der Waals surface area contributed by atoms with Gasteiger partial charge in [0.15, 0.2) is 17.4 Å². The molecule has 0 radical (unpaired) electrons. The van der Waals surface area contributed by atoms with Crippen LogP contribution in [0.4, 0.5) is 5.95 Å². The molecule has 0 aliphatic carbocycles. The fraction of sp³-hybridized carbons (Fsp3) is 0.294. The molecule has 28 heavy (non-hydrogen) atoms. The highest BCUT2D eigenvalue weighted by Crippen LogP contribution is 2.30. The average molecular weight is 387 g/mol. The molecule has 4 atom stereocenters. The van der Waals surface area contributed by atoms with Gasteiger partial charge in [-0.25, -0.2) is 4.98 Å². The number of hydrogen-bond acceptors (Lipinski definition) is 8. The molecule has 1 aromatic carbocycles. The molecule has 11 nitrogen and oxygen atoms in total. The lowest BCUT2D eigenvalue weighted by Gasteiger charge is -2.16. The molecule has 11 heteroatoms. The van der Waals surface area contributed by atoms with Gasteiger partial charge in [0.2, 0.25) is 5.95 Å². The number of H-pyrrole nitrogens is 1.